The summed E-state index contributed by atoms with van der Waals surface area (Å²) in [6, 6.07) is 1.94. The SMILES string of the molecule is O=C1C=C(c2cc(S)c[nH]2)CC1. The van der Waals surface area contributed by atoms with Gasteiger partial charge in [0.05, 0.1) is 0 Å². The maximum Gasteiger partial charge on any atom is 0.156 e. The first-order valence-electron chi connectivity index (χ1n) is 3.87. The van der Waals surface area contributed by atoms with Gasteiger partial charge < -0.3 is 4.98 Å². The first-order valence-corrected chi connectivity index (χ1v) is 4.31. The molecule has 1 aliphatic carbocycles. The second kappa shape index (κ2) is 2.83. The molecule has 2 rings (SSSR count). The van der Waals surface area contributed by atoms with E-state index in [0.717, 1.165) is 22.6 Å². The number of rotatable bonds is 1. The lowest BCUT2D eigenvalue weighted by Gasteiger charge is -1.93. The van der Waals surface area contributed by atoms with E-state index >= 15 is 0 Å². The molecule has 0 saturated heterocycles. The highest BCUT2D eigenvalue weighted by Gasteiger charge is 2.14. The number of hydrogen-bond donors (Lipinski definition) is 2. The molecule has 0 amide bonds. The Bertz CT molecular complexity index is 351. The normalized spacial score (nSPS) is 16.8. The van der Waals surface area contributed by atoms with E-state index in [1.54, 1.807) is 6.08 Å². The molecular formula is C9H9NOS. The molecule has 12 heavy (non-hydrogen) atoms. The number of allylic oxidation sites excluding steroid dienone is 2. The molecule has 1 aromatic rings. The number of ketones is 1. The quantitative estimate of drug-likeness (QED) is 0.635. The predicted molar refractivity (Wildman–Crippen MR) is 50.3 cm³/mol. The van der Waals surface area contributed by atoms with Crippen molar-refractivity contribution in [2.24, 2.45) is 0 Å². The van der Waals surface area contributed by atoms with E-state index in [0.29, 0.717) is 6.42 Å². The van der Waals surface area contributed by atoms with Crippen LogP contribution in [0.2, 0.25) is 0 Å². The lowest BCUT2D eigenvalue weighted by molar-refractivity contribution is -0.114. The molecule has 3 heteroatoms. The van der Waals surface area contributed by atoms with Crippen LogP contribution in [-0.2, 0) is 4.79 Å². The Hall–Kier alpha value is -0.960. The number of carbonyl (C=O) groups is 1. The predicted octanol–water partition coefficient (Wildman–Crippen LogP) is 2.05. The molecule has 0 saturated carbocycles. The number of thiol groups is 1. The van der Waals surface area contributed by atoms with E-state index in [9.17, 15) is 4.79 Å². The molecule has 0 fully saturated rings. The summed E-state index contributed by atoms with van der Waals surface area (Å²) in [7, 11) is 0. The Morgan fingerprint density at radius 2 is 2.25 bits per heavy atom. The molecule has 62 valence electrons. The molecular weight excluding hydrogens is 170 g/mol. The average Bonchev–Trinajstić information content (AvgIpc) is 2.58. The third-order valence-electron chi connectivity index (χ3n) is 1.99. The monoisotopic (exact) mass is 179 g/mol. The van der Waals surface area contributed by atoms with Crippen LogP contribution in [0.3, 0.4) is 0 Å². The van der Waals surface area contributed by atoms with E-state index in [-0.39, 0.29) is 5.78 Å². The van der Waals surface area contributed by atoms with Crippen molar-refractivity contribution in [3.8, 4) is 0 Å². The molecule has 0 bridgehead atoms. The van der Waals surface area contributed by atoms with Crippen LogP contribution in [0.25, 0.3) is 5.57 Å². The third-order valence-corrected chi connectivity index (χ3v) is 2.25. The zero-order chi connectivity index (χ0) is 8.55. The van der Waals surface area contributed by atoms with Gasteiger partial charge in [0.1, 0.15) is 0 Å². The van der Waals surface area contributed by atoms with Crippen molar-refractivity contribution in [2.45, 2.75) is 17.7 Å². The number of carbonyl (C=O) groups excluding carboxylic acids is 1. The molecule has 0 unspecified atom stereocenters. The molecule has 0 atom stereocenters. The van der Waals surface area contributed by atoms with Crippen LogP contribution in [0.15, 0.2) is 23.2 Å². The van der Waals surface area contributed by atoms with Crippen LogP contribution < -0.4 is 0 Å². The molecule has 0 radical (unpaired) electrons. The molecule has 1 aliphatic rings. The van der Waals surface area contributed by atoms with E-state index in [1.165, 1.54) is 0 Å². The van der Waals surface area contributed by atoms with Gasteiger partial charge >= 0.3 is 0 Å². The Kier molecular flexibility index (Phi) is 1.81. The largest absolute Gasteiger partial charge is 0.360 e. The van der Waals surface area contributed by atoms with Gasteiger partial charge in [-0.1, -0.05) is 0 Å². The molecule has 0 aliphatic heterocycles. The highest BCUT2D eigenvalue weighted by molar-refractivity contribution is 7.80. The molecule has 1 heterocycles. The minimum atomic E-state index is 0.223. The smallest absolute Gasteiger partial charge is 0.156 e. The van der Waals surface area contributed by atoms with Crippen molar-refractivity contribution in [3.05, 3.63) is 24.0 Å². The van der Waals surface area contributed by atoms with Crippen LogP contribution in [0, 0.1) is 0 Å². The second-order valence-electron chi connectivity index (χ2n) is 2.91. The molecule has 1 N–H and O–H groups in total. The number of hydrogen-bond acceptors (Lipinski definition) is 2. The van der Waals surface area contributed by atoms with Crippen LogP contribution in [0.1, 0.15) is 18.5 Å². The fourth-order valence-electron chi connectivity index (χ4n) is 1.38. The zero-order valence-electron chi connectivity index (χ0n) is 6.50. The average molecular weight is 179 g/mol. The maximum absolute atomic E-state index is 10.9. The highest BCUT2D eigenvalue weighted by atomic mass is 32.1. The van der Waals surface area contributed by atoms with Gasteiger partial charge in [-0.05, 0) is 24.1 Å². The van der Waals surface area contributed by atoms with Crippen molar-refractivity contribution >= 4 is 24.0 Å². The Balaban J connectivity index is 2.32. The first kappa shape index (κ1) is 7.68. The minimum Gasteiger partial charge on any atom is -0.360 e. The van der Waals surface area contributed by atoms with E-state index in [4.69, 9.17) is 0 Å². The summed E-state index contributed by atoms with van der Waals surface area (Å²) in [5.41, 5.74) is 2.12. The van der Waals surface area contributed by atoms with Crippen molar-refractivity contribution in [1.82, 2.24) is 4.98 Å². The molecule has 1 aromatic heterocycles. The van der Waals surface area contributed by atoms with Crippen molar-refractivity contribution in [2.75, 3.05) is 0 Å². The summed E-state index contributed by atoms with van der Waals surface area (Å²) in [4.78, 5) is 14.9. The Labute approximate surface area is 76.1 Å². The standard InChI is InChI=1S/C9H9NOS/c11-7-2-1-6(3-7)9-4-8(12)5-10-9/h3-5,10,12H,1-2H2. The van der Waals surface area contributed by atoms with Gasteiger partial charge in [-0.2, -0.15) is 0 Å². The van der Waals surface area contributed by atoms with Gasteiger partial charge in [0.2, 0.25) is 0 Å². The molecule has 2 nitrogen and oxygen atoms in total. The number of nitrogens with one attached hydrogen (secondary N) is 1. The second-order valence-corrected chi connectivity index (χ2v) is 3.42. The van der Waals surface area contributed by atoms with Crippen LogP contribution in [0.4, 0.5) is 0 Å². The summed E-state index contributed by atoms with van der Waals surface area (Å²) in [5.74, 6) is 0.223. The lowest BCUT2D eigenvalue weighted by Crippen LogP contribution is -1.80. The minimum absolute atomic E-state index is 0.223. The fourth-order valence-corrected chi connectivity index (χ4v) is 1.57. The van der Waals surface area contributed by atoms with Gasteiger partial charge in [-0.25, -0.2) is 0 Å². The summed E-state index contributed by atoms with van der Waals surface area (Å²) in [6.45, 7) is 0. The molecule has 0 aromatic carbocycles. The van der Waals surface area contributed by atoms with Crippen LogP contribution in [-0.4, -0.2) is 10.8 Å². The Morgan fingerprint density at radius 1 is 1.42 bits per heavy atom. The van der Waals surface area contributed by atoms with Gasteiger partial charge in [-0.15, -0.1) is 12.6 Å². The number of aromatic nitrogens is 1. The van der Waals surface area contributed by atoms with Crippen molar-refractivity contribution in [1.29, 1.82) is 0 Å². The number of aromatic amines is 1. The van der Waals surface area contributed by atoms with Crippen molar-refractivity contribution < 1.29 is 4.79 Å². The lowest BCUT2D eigenvalue weighted by atomic mass is 10.2. The third kappa shape index (κ3) is 1.32. The summed E-state index contributed by atoms with van der Waals surface area (Å²) in [5, 5.41) is 0. The van der Waals surface area contributed by atoms with E-state index in [2.05, 4.69) is 17.6 Å². The Morgan fingerprint density at radius 3 is 2.75 bits per heavy atom. The summed E-state index contributed by atoms with van der Waals surface area (Å²) in [6.07, 6.45) is 5.03. The van der Waals surface area contributed by atoms with Gasteiger partial charge in [0.15, 0.2) is 5.78 Å². The first-order chi connectivity index (χ1) is 5.75. The fraction of sp³-hybridized carbons (Fsp3) is 0.222. The van der Waals surface area contributed by atoms with Gasteiger partial charge in [-0.3, -0.25) is 4.79 Å². The van der Waals surface area contributed by atoms with E-state index in [1.807, 2.05) is 12.3 Å². The van der Waals surface area contributed by atoms with Gasteiger partial charge in [0, 0.05) is 23.2 Å². The van der Waals surface area contributed by atoms with Crippen LogP contribution in [0.5, 0.6) is 0 Å². The van der Waals surface area contributed by atoms with E-state index < -0.39 is 0 Å². The maximum atomic E-state index is 10.9. The van der Waals surface area contributed by atoms with Crippen LogP contribution >= 0.6 is 12.6 Å². The number of H-pyrrole nitrogens is 1. The highest BCUT2D eigenvalue weighted by Crippen LogP contribution is 2.25. The molecule has 0 spiro atoms. The van der Waals surface area contributed by atoms with Crippen molar-refractivity contribution in [3.63, 3.8) is 0 Å². The summed E-state index contributed by atoms with van der Waals surface area (Å²) >= 11 is 4.18. The van der Waals surface area contributed by atoms with Gasteiger partial charge in [0.25, 0.3) is 0 Å². The topological polar surface area (TPSA) is 32.9 Å². The zero-order valence-corrected chi connectivity index (χ0v) is 7.40. The summed E-state index contributed by atoms with van der Waals surface area (Å²) < 4.78 is 0.